The van der Waals surface area contributed by atoms with Crippen molar-refractivity contribution in [3.8, 4) is 0 Å². The number of carbonyl (C=O) groups excluding carboxylic acids is 1. The van der Waals surface area contributed by atoms with E-state index in [1.54, 1.807) is 23.9 Å². The van der Waals surface area contributed by atoms with Crippen LogP contribution in [0, 0.1) is 6.92 Å². The number of aromatic amines is 1. The van der Waals surface area contributed by atoms with Gasteiger partial charge in [-0.2, -0.15) is 0 Å². The minimum Gasteiger partial charge on any atom is -0.458 e. The Labute approximate surface area is 166 Å². The van der Waals surface area contributed by atoms with Gasteiger partial charge in [-0.1, -0.05) is 12.1 Å². The Morgan fingerprint density at radius 3 is 3.14 bits per heavy atom. The van der Waals surface area contributed by atoms with Crippen molar-refractivity contribution >= 4 is 28.2 Å². The first-order valence-electron chi connectivity index (χ1n) is 9.40. The highest BCUT2D eigenvalue weighted by molar-refractivity contribution is 7.09. The number of aryl methyl sites for hydroxylation is 2. The molecule has 1 aliphatic heterocycles. The zero-order chi connectivity index (χ0) is 19.1. The molecule has 7 heteroatoms. The predicted octanol–water partition coefficient (Wildman–Crippen LogP) is 4.03. The normalized spacial score (nSPS) is 16.5. The number of nitrogens with one attached hydrogen (secondary N) is 1. The van der Waals surface area contributed by atoms with E-state index in [9.17, 15) is 4.79 Å². The first-order chi connectivity index (χ1) is 13.7. The monoisotopic (exact) mass is 392 g/mol. The van der Waals surface area contributed by atoms with Crippen LogP contribution in [0.4, 0.5) is 0 Å². The van der Waals surface area contributed by atoms with Crippen LogP contribution in [0.3, 0.4) is 0 Å². The number of imidazole rings is 1. The average Bonchev–Trinajstić information content (AvgIpc) is 3.45. The molecule has 1 N–H and O–H groups in total. The van der Waals surface area contributed by atoms with Crippen LogP contribution in [0.25, 0.3) is 11.0 Å². The van der Waals surface area contributed by atoms with Crippen molar-refractivity contribution in [1.29, 1.82) is 0 Å². The van der Waals surface area contributed by atoms with Gasteiger partial charge >= 0.3 is 0 Å². The number of rotatable bonds is 4. The topological polar surface area (TPSA) is 75.0 Å². The predicted molar refractivity (Wildman–Crippen MR) is 107 cm³/mol. The molecule has 1 aromatic carbocycles. The van der Waals surface area contributed by atoms with E-state index in [0.717, 1.165) is 45.1 Å². The maximum absolute atomic E-state index is 13.1. The number of fused-ring (bicyclic) bond motifs is 2. The van der Waals surface area contributed by atoms with Gasteiger partial charge in [0.05, 0.1) is 17.0 Å². The minimum atomic E-state index is -0.300. The smallest absolute Gasteiger partial charge is 0.223 e. The summed E-state index contributed by atoms with van der Waals surface area (Å²) in [7, 11) is 0. The summed E-state index contributed by atoms with van der Waals surface area (Å²) in [6.45, 7) is 2.71. The molecule has 0 spiro atoms. The standard InChI is InChI=1S/C21H20N4O2S/c1-13-3-2-4-16-14(13)11-17(27-16)21-20-15(23-12-24-20)7-9-25(21)19(26)6-5-18-22-8-10-28-18/h2-4,8,10-12,21H,5-7,9H2,1H3,(H,23,24)/t21-/m1/s1. The summed E-state index contributed by atoms with van der Waals surface area (Å²) in [5, 5.41) is 4.01. The molecule has 0 radical (unpaired) electrons. The summed E-state index contributed by atoms with van der Waals surface area (Å²) < 4.78 is 6.19. The molecule has 0 saturated heterocycles. The summed E-state index contributed by atoms with van der Waals surface area (Å²) >= 11 is 1.59. The molecule has 1 aliphatic rings. The molecule has 4 heterocycles. The van der Waals surface area contributed by atoms with Gasteiger partial charge in [-0.05, 0) is 24.6 Å². The lowest BCUT2D eigenvalue weighted by Crippen LogP contribution is -2.40. The highest BCUT2D eigenvalue weighted by Gasteiger charge is 2.36. The number of thiazole rings is 1. The molecule has 4 aromatic rings. The maximum Gasteiger partial charge on any atom is 0.223 e. The third kappa shape index (κ3) is 2.92. The molecule has 28 heavy (non-hydrogen) atoms. The number of amides is 1. The lowest BCUT2D eigenvalue weighted by atomic mass is 9.99. The van der Waals surface area contributed by atoms with Crippen LogP contribution in [0.15, 0.2) is 46.6 Å². The van der Waals surface area contributed by atoms with E-state index in [0.29, 0.717) is 19.4 Å². The largest absolute Gasteiger partial charge is 0.458 e. The van der Waals surface area contributed by atoms with Gasteiger partial charge in [-0.15, -0.1) is 11.3 Å². The number of H-pyrrole nitrogens is 1. The van der Waals surface area contributed by atoms with Crippen LogP contribution in [-0.4, -0.2) is 32.3 Å². The van der Waals surface area contributed by atoms with Gasteiger partial charge in [0.15, 0.2) is 0 Å². The van der Waals surface area contributed by atoms with Crippen molar-refractivity contribution in [2.24, 2.45) is 0 Å². The van der Waals surface area contributed by atoms with Crippen molar-refractivity contribution in [3.63, 3.8) is 0 Å². The van der Waals surface area contributed by atoms with Gasteiger partial charge in [0.1, 0.15) is 17.4 Å². The first kappa shape index (κ1) is 17.2. The zero-order valence-electron chi connectivity index (χ0n) is 15.5. The third-order valence-electron chi connectivity index (χ3n) is 5.35. The Morgan fingerprint density at radius 2 is 2.32 bits per heavy atom. The van der Waals surface area contributed by atoms with E-state index in [1.165, 1.54) is 0 Å². The molecular formula is C21H20N4O2S. The highest BCUT2D eigenvalue weighted by atomic mass is 32.1. The number of carbonyl (C=O) groups is 1. The molecular weight excluding hydrogens is 372 g/mol. The van der Waals surface area contributed by atoms with E-state index in [4.69, 9.17) is 4.42 Å². The summed E-state index contributed by atoms with van der Waals surface area (Å²) in [5.74, 6) is 0.867. The van der Waals surface area contributed by atoms with Crippen LogP contribution < -0.4 is 0 Å². The second-order valence-corrected chi connectivity index (χ2v) is 8.05. The fourth-order valence-corrected chi connectivity index (χ4v) is 4.55. The quantitative estimate of drug-likeness (QED) is 0.569. The van der Waals surface area contributed by atoms with Crippen molar-refractivity contribution in [2.75, 3.05) is 6.54 Å². The molecule has 0 saturated carbocycles. The van der Waals surface area contributed by atoms with Crippen molar-refractivity contribution in [2.45, 2.75) is 32.2 Å². The summed E-state index contributed by atoms with van der Waals surface area (Å²) in [4.78, 5) is 27.1. The van der Waals surface area contributed by atoms with Gasteiger partial charge in [-0.3, -0.25) is 4.79 Å². The molecule has 5 rings (SSSR count). The molecule has 1 amide bonds. The number of furan rings is 1. The van der Waals surface area contributed by atoms with E-state index >= 15 is 0 Å². The number of benzene rings is 1. The van der Waals surface area contributed by atoms with E-state index in [1.807, 2.05) is 22.4 Å². The Morgan fingerprint density at radius 1 is 1.39 bits per heavy atom. The molecule has 3 aromatic heterocycles. The van der Waals surface area contributed by atoms with Gasteiger partial charge in [0.2, 0.25) is 5.91 Å². The molecule has 0 aliphatic carbocycles. The maximum atomic E-state index is 13.1. The van der Waals surface area contributed by atoms with Crippen LogP contribution >= 0.6 is 11.3 Å². The van der Waals surface area contributed by atoms with Crippen LogP contribution in [0.5, 0.6) is 0 Å². The Hall–Kier alpha value is -2.93. The van der Waals surface area contributed by atoms with Crippen molar-refractivity contribution in [3.05, 3.63) is 69.9 Å². The van der Waals surface area contributed by atoms with Crippen molar-refractivity contribution in [1.82, 2.24) is 19.9 Å². The minimum absolute atomic E-state index is 0.103. The summed E-state index contributed by atoms with van der Waals surface area (Å²) in [6.07, 6.45) is 5.35. The van der Waals surface area contributed by atoms with Crippen molar-refractivity contribution < 1.29 is 9.21 Å². The number of aromatic nitrogens is 3. The summed E-state index contributed by atoms with van der Waals surface area (Å²) in [5.41, 5.74) is 3.96. The zero-order valence-corrected chi connectivity index (χ0v) is 16.3. The van der Waals surface area contributed by atoms with Gasteiger partial charge in [0, 0.05) is 48.5 Å². The lowest BCUT2D eigenvalue weighted by molar-refractivity contribution is -0.133. The van der Waals surface area contributed by atoms with E-state index in [-0.39, 0.29) is 11.9 Å². The lowest BCUT2D eigenvalue weighted by Gasteiger charge is -2.33. The second kappa shape index (κ2) is 6.91. The Kier molecular flexibility index (Phi) is 4.24. The second-order valence-electron chi connectivity index (χ2n) is 7.07. The number of hydrogen-bond acceptors (Lipinski definition) is 5. The molecule has 1 atom stereocenters. The van der Waals surface area contributed by atoms with Gasteiger partial charge in [0.25, 0.3) is 0 Å². The van der Waals surface area contributed by atoms with Crippen LogP contribution in [0.2, 0.25) is 0 Å². The SMILES string of the molecule is Cc1cccc2oc([C@@H]3c4nc[nH]c4CCN3C(=O)CCc3nccs3)cc12. The first-order valence-corrected chi connectivity index (χ1v) is 10.3. The number of hydrogen-bond donors (Lipinski definition) is 1. The fourth-order valence-electron chi connectivity index (χ4n) is 3.93. The molecule has 0 unspecified atom stereocenters. The van der Waals surface area contributed by atoms with Gasteiger partial charge < -0.3 is 14.3 Å². The fraction of sp³-hybridized carbons (Fsp3) is 0.286. The third-order valence-corrected chi connectivity index (χ3v) is 6.19. The van der Waals surface area contributed by atoms with E-state index in [2.05, 4.69) is 34.0 Å². The molecule has 0 bridgehead atoms. The number of nitrogens with zero attached hydrogens (tertiary/aromatic N) is 3. The Bertz CT molecular complexity index is 1130. The van der Waals surface area contributed by atoms with E-state index < -0.39 is 0 Å². The molecule has 0 fully saturated rings. The highest BCUT2D eigenvalue weighted by Crippen LogP contribution is 2.37. The van der Waals surface area contributed by atoms with Crippen LogP contribution in [-0.2, 0) is 17.6 Å². The molecule has 6 nitrogen and oxygen atoms in total. The molecule has 142 valence electrons. The Balaban J connectivity index is 1.50. The van der Waals surface area contributed by atoms with Crippen LogP contribution in [0.1, 0.15) is 40.2 Å². The average molecular weight is 392 g/mol. The van der Waals surface area contributed by atoms with Gasteiger partial charge in [-0.25, -0.2) is 9.97 Å². The summed E-state index contributed by atoms with van der Waals surface area (Å²) in [6, 6.07) is 7.78.